The third-order valence-electron chi connectivity index (χ3n) is 3.63. The van der Waals surface area contributed by atoms with Crippen LogP contribution >= 0.6 is 0 Å². The van der Waals surface area contributed by atoms with Crippen molar-refractivity contribution in [3.63, 3.8) is 0 Å². The lowest BCUT2D eigenvalue weighted by atomic mass is 9.79. The van der Waals surface area contributed by atoms with Crippen LogP contribution in [0.25, 0.3) is 0 Å². The molecule has 0 aliphatic carbocycles. The van der Waals surface area contributed by atoms with Crippen LogP contribution in [-0.2, 0) is 5.41 Å². The highest BCUT2D eigenvalue weighted by atomic mass is 16.3. The quantitative estimate of drug-likeness (QED) is 0.690. The zero-order valence-corrected chi connectivity index (χ0v) is 11.7. The maximum Gasteiger partial charge on any atom is 0.118 e. The fourth-order valence-corrected chi connectivity index (χ4v) is 2.21. The summed E-state index contributed by atoms with van der Waals surface area (Å²) in [6.45, 7) is 8.80. The van der Waals surface area contributed by atoms with Gasteiger partial charge in [0.15, 0.2) is 0 Å². The topological polar surface area (TPSA) is 20.2 Å². The highest BCUT2D eigenvalue weighted by Gasteiger charge is 2.20. The molecule has 1 heteroatoms. The van der Waals surface area contributed by atoms with Crippen LogP contribution in [0.4, 0.5) is 0 Å². The first-order valence-corrected chi connectivity index (χ1v) is 6.77. The first-order valence-electron chi connectivity index (χ1n) is 6.77. The minimum Gasteiger partial charge on any atom is -0.508 e. The molecule has 0 aromatic heterocycles. The lowest BCUT2D eigenvalue weighted by molar-refractivity contribution is 0.442. The molecular formula is C16H26O. The first kappa shape index (κ1) is 14.1. The Kier molecular flexibility index (Phi) is 5.04. The number of phenols is 1. The summed E-state index contributed by atoms with van der Waals surface area (Å²) >= 11 is 0. The summed E-state index contributed by atoms with van der Waals surface area (Å²) in [5, 5.41) is 9.56. The van der Waals surface area contributed by atoms with Crippen LogP contribution in [0.1, 0.15) is 64.0 Å². The van der Waals surface area contributed by atoms with Crippen molar-refractivity contribution in [1.29, 1.82) is 0 Å². The molecule has 0 aliphatic rings. The molecular weight excluding hydrogens is 208 g/mol. The van der Waals surface area contributed by atoms with E-state index < -0.39 is 0 Å². The van der Waals surface area contributed by atoms with Crippen LogP contribution in [0.15, 0.2) is 18.2 Å². The molecule has 0 unspecified atom stereocenters. The number of aromatic hydroxyl groups is 1. The Morgan fingerprint density at radius 2 is 1.82 bits per heavy atom. The monoisotopic (exact) mass is 234 g/mol. The van der Waals surface area contributed by atoms with Crippen molar-refractivity contribution in [2.45, 2.75) is 65.2 Å². The van der Waals surface area contributed by atoms with E-state index in [0.717, 1.165) is 5.56 Å². The van der Waals surface area contributed by atoms with Gasteiger partial charge in [-0.1, -0.05) is 58.6 Å². The predicted molar refractivity (Wildman–Crippen MR) is 74.6 cm³/mol. The molecule has 1 nitrogen and oxygen atoms in total. The fourth-order valence-electron chi connectivity index (χ4n) is 2.21. The predicted octanol–water partition coefficient (Wildman–Crippen LogP) is 4.95. The van der Waals surface area contributed by atoms with E-state index in [0.29, 0.717) is 5.75 Å². The summed E-state index contributed by atoms with van der Waals surface area (Å²) in [5.74, 6) is 0.399. The lowest BCUT2D eigenvalue weighted by Crippen LogP contribution is -2.17. The van der Waals surface area contributed by atoms with E-state index in [1.165, 1.54) is 37.7 Å². The minimum absolute atomic E-state index is 0.214. The molecule has 0 aliphatic heterocycles. The maximum absolute atomic E-state index is 9.56. The van der Waals surface area contributed by atoms with E-state index in [1.807, 2.05) is 13.0 Å². The molecule has 0 amide bonds. The van der Waals surface area contributed by atoms with Gasteiger partial charge in [-0.2, -0.15) is 0 Å². The van der Waals surface area contributed by atoms with Gasteiger partial charge in [-0.3, -0.25) is 0 Å². The Balaban J connectivity index is 2.64. The van der Waals surface area contributed by atoms with Crippen LogP contribution in [0.3, 0.4) is 0 Å². The Hall–Kier alpha value is -0.980. The molecule has 0 fully saturated rings. The summed E-state index contributed by atoms with van der Waals surface area (Å²) in [5.41, 5.74) is 2.53. The largest absolute Gasteiger partial charge is 0.508 e. The standard InChI is InChI=1S/C16H26O/c1-5-6-7-8-11-16(3,4)14-9-10-15(17)13(2)12-14/h9-10,12,17H,5-8,11H2,1-4H3. The number of benzene rings is 1. The van der Waals surface area contributed by atoms with Crippen molar-refractivity contribution in [2.75, 3.05) is 0 Å². The van der Waals surface area contributed by atoms with Gasteiger partial charge >= 0.3 is 0 Å². The van der Waals surface area contributed by atoms with E-state index in [2.05, 4.69) is 32.9 Å². The second kappa shape index (κ2) is 6.09. The third-order valence-corrected chi connectivity index (χ3v) is 3.63. The number of unbranched alkanes of at least 4 members (excludes halogenated alkanes) is 3. The molecule has 0 saturated carbocycles. The maximum atomic E-state index is 9.56. The van der Waals surface area contributed by atoms with Gasteiger partial charge in [0, 0.05) is 0 Å². The average Bonchev–Trinajstić information content (AvgIpc) is 2.28. The van der Waals surface area contributed by atoms with Gasteiger partial charge in [-0.15, -0.1) is 0 Å². The van der Waals surface area contributed by atoms with Gasteiger partial charge in [-0.05, 0) is 36.0 Å². The molecule has 1 N–H and O–H groups in total. The van der Waals surface area contributed by atoms with Crippen LogP contribution in [0, 0.1) is 6.92 Å². The van der Waals surface area contributed by atoms with Crippen LogP contribution < -0.4 is 0 Å². The second-order valence-electron chi connectivity index (χ2n) is 5.70. The van der Waals surface area contributed by atoms with E-state index >= 15 is 0 Å². The van der Waals surface area contributed by atoms with Crippen LogP contribution in [-0.4, -0.2) is 5.11 Å². The van der Waals surface area contributed by atoms with Gasteiger partial charge in [0.25, 0.3) is 0 Å². The van der Waals surface area contributed by atoms with Gasteiger partial charge < -0.3 is 5.11 Å². The van der Waals surface area contributed by atoms with Gasteiger partial charge in [-0.25, -0.2) is 0 Å². The van der Waals surface area contributed by atoms with Crippen molar-refractivity contribution in [2.24, 2.45) is 0 Å². The Morgan fingerprint density at radius 3 is 2.41 bits per heavy atom. The number of hydrogen-bond acceptors (Lipinski definition) is 1. The van der Waals surface area contributed by atoms with Crippen molar-refractivity contribution in [1.82, 2.24) is 0 Å². The van der Waals surface area contributed by atoms with Crippen molar-refractivity contribution in [3.8, 4) is 5.75 Å². The van der Waals surface area contributed by atoms with Gasteiger partial charge in [0.2, 0.25) is 0 Å². The number of aryl methyl sites for hydroxylation is 1. The summed E-state index contributed by atoms with van der Waals surface area (Å²) < 4.78 is 0. The zero-order valence-electron chi connectivity index (χ0n) is 11.7. The van der Waals surface area contributed by atoms with Gasteiger partial charge in [0.1, 0.15) is 5.75 Å². The second-order valence-corrected chi connectivity index (χ2v) is 5.70. The zero-order chi connectivity index (χ0) is 12.9. The highest BCUT2D eigenvalue weighted by Crippen LogP contribution is 2.31. The molecule has 0 saturated heterocycles. The van der Waals surface area contributed by atoms with Gasteiger partial charge in [0.05, 0.1) is 0 Å². The summed E-state index contributed by atoms with van der Waals surface area (Å²) in [6, 6.07) is 6.00. The summed E-state index contributed by atoms with van der Waals surface area (Å²) in [4.78, 5) is 0. The SMILES string of the molecule is CCCCCCC(C)(C)c1ccc(O)c(C)c1. The first-order chi connectivity index (χ1) is 7.97. The molecule has 96 valence electrons. The molecule has 1 aromatic carbocycles. The number of rotatable bonds is 6. The lowest BCUT2D eigenvalue weighted by Gasteiger charge is -2.26. The fraction of sp³-hybridized carbons (Fsp3) is 0.625. The Labute approximate surface area is 106 Å². The summed E-state index contributed by atoms with van der Waals surface area (Å²) in [7, 11) is 0. The Bertz CT molecular complexity index is 353. The Morgan fingerprint density at radius 1 is 1.12 bits per heavy atom. The molecule has 1 aromatic rings. The molecule has 0 bridgehead atoms. The van der Waals surface area contributed by atoms with E-state index in [9.17, 15) is 5.11 Å². The number of phenolic OH excluding ortho intramolecular Hbond substituents is 1. The highest BCUT2D eigenvalue weighted by molar-refractivity contribution is 5.37. The molecule has 1 rings (SSSR count). The molecule has 0 atom stereocenters. The smallest absolute Gasteiger partial charge is 0.118 e. The number of hydrogen-bond donors (Lipinski definition) is 1. The van der Waals surface area contributed by atoms with E-state index in [4.69, 9.17) is 0 Å². The average molecular weight is 234 g/mol. The van der Waals surface area contributed by atoms with Crippen LogP contribution in [0.2, 0.25) is 0 Å². The van der Waals surface area contributed by atoms with Crippen molar-refractivity contribution < 1.29 is 5.11 Å². The van der Waals surface area contributed by atoms with Crippen LogP contribution in [0.5, 0.6) is 5.75 Å². The van der Waals surface area contributed by atoms with Crippen molar-refractivity contribution >= 4 is 0 Å². The third kappa shape index (κ3) is 4.07. The molecule has 0 radical (unpaired) electrons. The molecule has 0 spiro atoms. The van der Waals surface area contributed by atoms with E-state index in [1.54, 1.807) is 0 Å². The van der Waals surface area contributed by atoms with Crippen molar-refractivity contribution in [3.05, 3.63) is 29.3 Å². The summed E-state index contributed by atoms with van der Waals surface area (Å²) in [6.07, 6.45) is 6.47. The van der Waals surface area contributed by atoms with E-state index in [-0.39, 0.29) is 5.41 Å². The normalized spacial score (nSPS) is 11.8. The molecule has 17 heavy (non-hydrogen) atoms. The molecule has 0 heterocycles. The minimum atomic E-state index is 0.214.